The zero-order chi connectivity index (χ0) is 15.6. The molecule has 0 atom stereocenters. The van der Waals surface area contributed by atoms with E-state index >= 15 is 0 Å². The van der Waals surface area contributed by atoms with Crippen LogP contribution in [0.25, 0.3) is 0 Å². The number of aromatic nitrogens is 1. The predicted octanol–water partition coefficient (Wildman–Crippen LogP) is 2.32. The Bertz CT molecular complexity index is 766. The van der Waals surface area contributed by atoms with Gasteiger partial charge in [-0.15, -0.1) is 0 Å². The Morgan fingerprint density at radius 1 is 1.38 bits per heavy atom. The number of aromatic carboxylic acids is 1. The molecule has 0 aliphatic heterocycles. The van der Waals surface area contributed by atoms with Crippen LogP contribution < -0.4 is 10.2 Å². The van der Waals surface area contributed by atoms with Crippen LogP contribution in [0.5, 0.6) is 0 Å². The zero-order valence-electron chi connectivity index (χ0n) is 10.9. The summed E-state index contributed by atoms with van der Waals surface area (Å²) in [6.45, 7) is 1.63. The summed E-state index contributed by atoms with van der Waals surface area (Å²) >= 11 is 4.22. The van der Waals surface area contributed by atoms with Gasteiger partial charge in [-0.1, -0.05) is 27.3 Å². The molecule has 0 fully saturated rings. The Balaban J connectivity index is 2.17. The number of benzene rings is 1. The van der Waals surface area contributed by atoms with E-state index in [4.69, 9.17) is 5.11 Å². The molecule has 110 valence electrons. The number of nitrogens with zero attached hydrogens (tertiary/aromatic N) is 1. The molecule has 0 radical (unpaired) electrons. The van der Waals surface area contributed by atoms with Gasteiger partial charge < -0.3 is 10.4 Å². The molecule has 2 aromatic rings. The topological polar surface area (TPSA) is 88.4 Å². The zero-order valence-corrected chi connectivity index (χ0v) is 13.3. The molecule has 21 heavy (non-hydrogen) atoms. The third-order valence-corrected chi connectivity index (χ3v) is 4.05. The smallest absolute Gasteiger partial charge is 0.335 e. The summed E-state index contributed by atoms with van der Waals surface area (Å²) in [7, 11) is 0. The minimum Gasteiger partial charge on any atom is -0.478 e. The highest BCUT2D eigenvalue weighted by atomic mass is 79.9. The van der Waals surface area contributed by atoms with Gasteiger partial charge in [0.05, 0.1) is 5.56 Å². The molecule has 2 rings (SSSR count). The van der Waals surface area contributed by atoms with Crippen LogP contribution in [0.2, 0.25) is 0 Å². The fourth-order valence-electron chi connectivity index (χ4n) is 1.73. The minimum atomic E-state index is -1.09. The summed E-state index contributed by atoms with van der Waals surface area (Å²) in [5.74, 6) is -1.48. The van der Waals surface area contributed by atoms with Crippen LogP contribution in [0.1, 0.15) is 16.1 Å². The molecule has 0 saturated carbocycles. The highest BCUT2D eigenvalue weighted by Gasteiger charge is 2.11. The highest BCUT2D eigenvalue weighted by molar-refractivity contribution is 9.10. The maximum Gasteiger partial charge on any atom is 0.335 e. The van der Waals surface area contributed by atoms with Gasteiger partial charge in [-0.2, -0.15) is 0 Å². The van der Waals surface area contributed by atoms with E-state index in [1.807, 2.05) is 0 Å². The Morgan fingerprint density at radius 2 is 2.10 bits per heavy atom. The normalized spacial score (nSPS) is 10.4. The molecule has 2 N–H and O–H groups in total. The van der Waals surface area contributed by atoms with Crippen molar-refractivity contribution in [2.75, 3.05) is 5.32 Å². The number of carbonyl (C=O) groups excluding carboxylic acids is 1. The van der Waals surface area contributed by atoms with Crippen LogP contribution in [0.4, 0.5) is 5.69 Å². The first-order valence-corrected chi connectivity index (χ1v) is 7.53. The number of hydrogen-bond donors (Lipinski definition) is 2. The van der Waals surface area contributed by atoms with Crippen molar-refractivity contribution in [3.63, 3.8) is 0 Å². The molecule has 0 saturated heterocycles. The van der Waals surface area contributed by atoms with E-state index in [2.05, 4.69) is 21.2 Å². The van der Waals surface area contributed by atoms with E-state index in [9.17, 15) is 14.4 Å². The molecule has 8 heteroatoms. The summed E-state index contributed by atoms with van der Waals surface area (Å²) in [5, 5.41) is 13.2. The molecular weight excluding hydrogens is 360 g/mol. The Hall–Kier alpha value is -1.93. The Morgan fingerprint density at radius 3 is 2.67 bits per heavy atom. The van der Waals surface area contributed by atoms with E-state index in [0.29, 0.717) is 15.9 Å². The maximum absolute atomic E-state index is 11.9. The maximum atomic E-state index is 11.9. The van der Waals surface area contributed by atoms with Crippen molar-refractivity contribution in [3.8, 4) is 0 Å². The van der Waals surface area contributed by atoms with E-state index in [-0.39, 0.29) is 17.0 Å². The fraction of sp³-hybridized carbons (Fsp3) is 0.154. The number of rotatable bonds is 4. The lowest BCUT2D eigenvalue weighted by Gasteiger charge is -2.08. The summed E-state index contributed by atoms with van der Waals surface area (Å²) < 4.78 is 1.90. The van der Waals surface area contributed by atoms with Gasteiger partial charge in [0.1, 0.15) is 6.54 Å². The number of aryl methyl sites for hydroxylation is 1. The number of carboxylic acid groups (broad SMARTS) is 1. The first-order valence-electron chi connectivity index (χ1n) is 5.85. The van der Waals surface area contributed by atoms with Gasteiger partial charge in [-0.25, -0.2) is 4.79 Å². The quantitative estimate of drug-likeness (QED) is 0.864. The minimum absolute atomic E-state index is 0.0588. The summed E-state index contributed by atoms with van der Waals surface area (Å²) in [4.78, 5) is 34.2. The van der Waals surface area contributed by atoms with Crippen molar-refractivity contribution in [3.05, 3.63) is 49.0 Å². The standard InChI is InChI=1S/C13H11BrN2O4S/c1-7-6-21-13(20)16(7)5-11(17)15-10-3-8(12(18)19)2-9(14)4-10/h2-4,6H,5H2,1H3,(H,15,17)(H,18,19). The van der Waals surface area contributed by atoms with Crippen molar-refractivity contribution in [1.82, 2.24) is 4.57 Å². The van der Waals surface area contributed by atoms with Gasteiger partial charge in [-0.05, 0) is 25.1 Å². The number of nitrogens with one attached hydrogen (secondary N) is 1. The predicted molar refractivity (Wildman–Crippen MR) is 83.0 cm³/mol. The Kier molecular flexibility index (Phi) is 4.59. The molecule has 1 aromatic heterocycles. The number of amides is 1. The number of halogens is 1. The molecule has 6 nitrogen and oxygen atoms in total. The highest BCUT2D eigenvalue weighted by Crippen LogP contribution is 2.19. The van der Waals surface area contributed by atoms with Crippen molar-refractivity contribution >= 4 is 44.8 Å². The van der Waals surface area contributed by atoms with E-state index in [0.717, 1.165) is 11.3 Å². The van der Waals surface area contributed by atoms with Crippen LogP contribution in [-0.4, -0.2) is 21.6 Å². The summed E-state index contributed by atoms with van der Waals surface area (Å²) in [5.41, 5.74) is 1.12. The monoisotopic (exact) mass is 370 g/mol. The molecule has 0 aliphatic carbocycles. The number of thiazole rings is 1. The van der Waals surface area contributed by atoms with Crippen LogP contribution >= 0.6 is 27.3 Å². The van der Waals surface area contributed by atoms with Crippen LogP contribution in [0, 0.1) is 6.92 Å². The van der Waals surface area contributed by atoms with Crippen LogP contribution in [0.15, 0.2) is 32.8 Å². The van der Waals surface area contributed by atoms with Crippen molar-refractivity contribution in [2.24, 2.45) is 0 Å². The molecular formula is C13H11BrN2O4S. The molecule has 0 aliphatic rings. The lowest BCUT2D eigenvalue weighted by atomic mass is 10.2. The molecule has 0 unspecified atom stereocenters. The third-order valence-electron chi connectivity index (χ3n) is 2.71. The molecule has 1 amide bonds. The number of carbonyl (C=O) groups is 2. The number of carboxylic acids is 1. The molecule has 1 aromatic carbocycles. The van der Waals surface area contributed by atoms with Crippen molar-refractivity contribution < 1.29 is 14.7 Å². The average molecular weight is 371 g/mol. The molecule has 0 spiro atoms. The lowest BCUT2D eigenvalue weighted by molar-refractivity contribution is -0.116. The fourth-order valence-corrected chi connectivity index (χ4v) is 2.95. The second-order valence-corrected chi connectivity index (χ2v) is 6.05. The molecule has 1 heterocycles. The first kappa shape index (κ1) is 15.5. The SMILES string of the molecule is Cc1csc(=O)n1CC(=O)Nc1cc(Br)cc(C(=O)O)c1. The van der Waals surface area contributed by atoms with Crippen LogP contribution in [-0.2, 0) is 11.3 Å². The Labute approximate surface area is 132 Å². The van der Waals surface area contributed by atoms with Gasteiger partial charge in [-0.3, -0.25) is 14.2 Å². The van der Waals surface area contributed by atoms with Crippen molar-refractivity contribution in [1.29, 1.82) is 0 Å². The van der Waals surface area contributed by atoms with Crippen LogP contribution in [0.3, 0.4) is 0 Å². The average Bonchev–Trinajstić information content (AvgIpc) is 2.69. The first-order chi connectivity index (χ1) is 9.86. The van der Waals surface area contributed by atoms with Gasteiger partial charge in [0.2, 0.25) is 5.91 Å². The van der Waals surface area contributed by atoms with Gasteiger partial charge in [0, 0.05) is 21.2 Å². The number of hydrogen-bond acceptors (Lipinski definition) is 4. The third kappa shape index (κ3) is 3.79. The lowest BCUT2D eigenvalue weighted by Crippen LogP contribution is -2.25. The summed E-state index contributed by atoms with van der Waals surface area (Å²) in [6, 6.07) is 4.38. The number of anilines is 1. The van der Waals surface area contributed by atoms with Gasteiger partial charge in [0.15, 0.2) is 0 Å². The largest absolute Gasteiger partial charge is 0.478 e. The van der Waals surface area contributed by atoms with Gasteiger partial charge >= 0.3 is 10.8 Å². The van der Waals surface area contributed by atoms with Crippen molar-refractivity contribution in [2.45, 2.75) is 13.5 Å². The second-order valence-electron chi connectivity index (χ2n) is 4.31. The van der Waals surface area contributed by atoms with Gasteiger partial charge in [0.25, 0.3) is 0 Å². The van der Waals surface area contributed by atoms with E-state index in [1.54, 1.807) is 18.4 Å². The summed E-state index contributed by atoms with van der Waals surface area (Å²) in [6.07, 6.45) is 0. The molecule has 0 bridgehead atoms. The second kappa shape index (κ2) is 6.23. The van der Waals surface area contributed by atoms with E-state index in [1.165, 1.54) is 16.7 Å². The van der Waals surface area contributed by atoms with E-state index < -0.39 is 11.9 Å².